The van der Waals surface area contributed by atoms with Crippen LogP contribution in [0.3, 0.4) is 0 Å². The molecule has 9 heteroatoms. The maximum Gasteiger partial charge on any atom is 0.247 e. The lowest BCUT2D eigenvalue weighted by Crippen LogP contribution is -2.47. The second kappa shape index (κ2) is 6.61. The molecule has 2 aromatic heterocycles. The van der Waals surface area contributed by atoms with Crippen LogP contribution in [0.5, 0.6) is 0 Å². The Morgan fingerprint density at radius 1 is 1.07 bits per heavy atom. The smallest absolute Gasteiger partial charge is 0.247 e. The van der Waals surface area contributed by atoms with Crippen molar-refractivity contribution in [2.45, 2.75) is 35.3 Å². The summed E-state index contributed by atoms with van der Waals surface area (Å²) in [5, 5.41) is 7.33. The van der Waals surface area contributed by atoms with E-state index in [4.69, 9.17) is 11.6 Å². The highest BCUT2D eigenvalue weighted by Gasteiger charge is 2.53. The minimum absolute atomic E-state index is 0.0999. The Bertz CT molecular complexity index is 1100. The SMILES string of the molecule is O=C(Nc1ccnc2ccnn12)C1(S(=O)(=O)c2ccc(Cl)cc2)CCCC1. The van der Waals surface area contributed by atoms with Gasteiger partial charge in [-0.05, 0) is 43.2 Å². The fourth-order valence-corrected chi connectivity index (χ4v) is 5.76. The average molecular weight is 405 g/mol. The zero-order valence-corrected chi connectivity index (χ0v) is 15.9. The fraction of sp³-hybridized carbons (Fsp3) is 0.278. The molecule has 1 aliphatic rings. The number of aromatic nitrogens is 3. The monoisotopic (exact) mass is 404 g/mol. The zero-order chi connectivity index (χ0) is 19.1. The van der Waals surface area contributed by atoms with E-state index in [1.807, 2.05) is 0 Å². The molecule has 4 rings (SSSR count). The number of hydrogen-bond acceptors (Lipinski definition) is 5. The third-order valence-corrected chi connectivity index (χ3v) is 7.76. The van der Waals surface area contributed by atoms with E-state index in [-0.39, 0.29) is 17.7 Å². The standard InChI is InChI=1S/C18H17ClN4O3S/c19-13-3-5-14(6-4-13)27(25,26)18(9-1-2-10-18)17(24)22-16-7-11-20-15-8-12-21-23(15)16/h3-8,11-12H,1-2,9-10H2,(H,22,24). The number of amides is 1. The van der Waals surface area contributed by atoms with Crippen LogP contribution >= 0.6 is 11.6 Å². The van der Waals surface area contributed by atoms with E-state index in [1.54, 1.807) is 24.5 Å². The predicted molar refractivity (Wildman–Crippen MR) is 101 cm³/mol. The van der Waals surface area contributed by atoms with Gasteiger partial charge >= 0.3 is 0 Å². The van der Waals surface area contributed by atoms with Crippen molar-refractivity contribution in [3.05, 3.63) is 53.8 Å². The molecule has 7 nitrogen and oxygen atoms in total. The number of nitrogens with one attached hydrogen (secondary N) is 1. The molecule has 0 bridgehead atoms. The van der Waals surface area contributed by atoms with Gasteiger partial charge in [-0.2, -0.15) is 9.61 Å². The molecule has 0 unspecified atom stereocenters. The summed E-state index contributed by atoms with van der Waals surface area (Å²) in [6, 6.07) is 9.23. The van der Waals surface area contributed by atoms with E-state index in [9.17, 15) is 13.2 Å². The highest BCUT2D eigenvalue weighted by Crippen LogP contribution is 2.41. The molecule has 0 radical (unpaired) electrons. The number of sulfone groups is 1. The van der Waals surface area contributed by atoms with Crippen molar-refractivity contribution in [3.8, 4) is 0 Å². The molecule has 1 amide bonds. The average Bonchev–Trinajstić information content (AvgIpc) is 3.33. The molecule has 0 atom stereocenters. The summed E-state index contributed by atoms with van der Waals surface area (Å²) >= 11 is 5.88. The Morgan fingerprint density at radius 3 is 2.48 bits per heavy atom. The van der Waals surface area contributed by atoms with E-state index in [1.165, 1.54) is 28.8 Å². The highest BCUT2D eigenvalue weighted by atomic mass is 35.5. The molecule has 1 saturated carbocycles. The zero-order valence-electron chi connectivity index (χ0n) is 14.3. The Kier molecular flexibility index (Phi) is 4.39. The van der Waals surface area contributed by atoms with E-state index >= 15 is 0 Å². The molecule has 2 heterocycles. The number of rotatable bonds is 4. The quantitative estimate of drug-likeness (QED) is 0.721. The lowest BCUT2D eigenvalue weighted by atomic mass is 10.1. The Balaban J connectivity index is 1.74. The normalized spacial score (nSPS) is 16.5. The molecule has 0 saturated heterocycles. The summed E-state index contributed by atoms with van der Waals surface area (Å²) in [4.78, 5) is 17.5. The summed E-state index contributed by atoms with van der Waals surface area (Å²) in [5.41, 5.74) is 0.564. The molecular formula is C18H17ClN4O3S. The maximum atomic E-state index is 13.4. The van der Waals surface area contributed by atoms with Crippen molar-refractivity contribution in [1.82, 2.24) is 14.6 Å². The van der Waals surface area contributed by atoms with Gasteiger partial charge in [0.25, 0.3) is 0 Å². The summed E-state index contributed by atoms with van der Waals surface area (Å²) in [7, 11) is -3.89. The van der Waals surface area contributed by atoms with Gasteiger partial charge < -0.3 is 5.32 Å². The molecule has 27 heavy (non-hydrogen) atoms. The topological polar surface area (TPSA) is 93.4 Å². The van der Waals surface area contributed by atoms with Crippen LogP contribution in [0.25, 0.3) is 5.65 Å². The van der Waals surface area contributed by atoms with Crippen LogP contribution in [-0.4, -0.2) is 33.7 Å². The van der Waals surface area contributed by atoms with E-state index < -0.39 is 20.5 Å². The van der Waals surface area contributed by atoms with Gasteiger partial charge in [0.15, 0.2) is 20.2 Å². The summed E-state index contributed by atoms with van der Waals surface area (Å²) in [5.74, 6) is -0.162. The van der Waals surface area contributed by atoms with Crippen LogP contribution in [-0.2, 0) is 14.6 Å². The molecule has 3 aromatic rings. The largest absolute Gasteiger partial charge is 0.309 e. The lowest BCUT2D eigenvalue weighted by molar-refractivity contribution is -0.118. The van der Waals surface area contributed by atoms with Gasteiger partial charge in [0, 0.05) is 17.3 Å². The lowest BCUT2D eigenvalue weighted by Gasteiger charge is -2.27. The molecule has 1 fully saturated rings. The molecular weight excluding hydrogens is 388 g/mol. The first kappa shape index (κ1) is 17.9. The number of hydrogen-bond donors (Lipinski definition) is 1. The van der Waals surface area contributed by atoms with Gasteiger partial charge in [-0.1, -0.05) is 24.4 Å². The molecule has 1 N–H and O–H groups in total. The van der Waals surface area contributed by atoms with Gasteiger partial charge in [0.05, 0.1) is 11.1 Å². The maximum absolute atomic E-state index is 13.4. The Labute approximate surface area is 161 Å². The van der Waals surface area contributed by atoms with Crippen molar-refractivity contribution in [2.24, 2.45) is 0 Å². The minimum atomic E-state index is -3.89. The Hall–Kier alpha value is -2.45. The van der Waals surface area contributed by atoms with Gasteiger partial charge in [-0.3, -0.25) is 4.79 Å². The fourth-order valence-electron chi connectivity index (χ4n) is 3.56. The van der Waals surface area contributed by atoms with Gasteiger partial charge in [0.2, 0.25) is 5.91 Å². The van der Waals surface area contributed by atoms with Crippen molar-refractivity contribution in [2.75, 3.05) is 5.32 Å². The van der Waals surface area contributed by atoms with Crippen molar-refractivity contribution in [3.63, 3.8) is 0 Å². The first-order chi connectivity index (χ1) is 12.9. The molecule has 140 valence electrons. The number of nitrogens with zero attached hydrogens (tertiary/aromatic N) is 3. The number of carbonyl (C=O) groups excluding carboxylic acids is 1. The van der Waals surface area contributed by atoms with Crippen LogP contribution < -0.4 is 5.32 Å². The van der Waals surface area contributed by atoms with Crippen LogP contribution in [0.15, 0.2) is 53.7 Å². The van der Waals surface area contributed by atoms with Crippen LogP contribution in [0.1, 0.15) is 25.7 Å². The second-order valence-corrected chi connectivity index (χ2v) is 9.24. The second-order valence-electron chi connectivity index (χ2n) is 6.54. The number of fused-ring (bicyclic) bond motifs is 1. The number of benzene rings is 1. The van der Waals surface area contributed by atoms with E-state index in [0.717, 1.165) is 0 Å². The summed E-state index contributed by atoms with van der Waals surface area (Å²) in [6.45, 7) is 0. The van der Waals surface area contributed by atoms with Crippen molar-refractivity contribution < 1.29 is 13.2 Å². The summed E-state index contributed by atoms with van der Waals surface area (Å²) in [6.07, 6.45) is 5.01. The first-order valence-corrected chi connectivity index (χ1v) is 10.4. The van der Waals surface area contributed by atoms with Crippen LogP contribution in [0.4, 0.5) is 5.82 Å². The van der Waals surface area contributed by atoms with E-state index in [2.05, 4.69) is 15.4 Å². The van der Waals surface area contributed by atoms with Gasteiger partial charge in [-0.25, -0.2) is 13.4 Å². The summed E-state index contributed by atoms with van der Waals surface area (Å²) < 4.78 is 26.7. The van der Waals surface area contributed by atoms with Crippen LogP contribution in [0, 0.1) is 0 Å². The highest BCUT2D eigenvalue weighted by molar-refractivity contribution is 7.93. The number of halogens is 1. The third-order valence-electron chi connectivity index (χ3n) is 5.00. The van der Waals surface area contributed by atoms with Gasteiger partial charge in [-0.15, -0.1) is 0 Å². The molecule has 1 aromatic carbocycles. The van der Waals surface area contributed by atoms with Crippen molar-refractivity contribution >= 4 is 38.8 Å². The molecule has 0 spiro atoms. The first-order valence-electron chi connectivity index (χ1n) is 8.54. The van der Waals surface area contributed by atoms with E-state index in [0.29, 0.717) is 29.3 Å². The van der Waals surface area contributed by atoms with Gasteiger partial charge in [0.1, 0.15) is 5.82 Å². The molecule has 0 aliphatic heterocycles. The van der Waals surface area contributed by atoms with Crippen molar-refractivity contribution in [1.29, 1.82) is 0 Å². The Morgan fingerprint density at radius 2 is 1.78 bits per heavy atom. The minimum Gasteiger partial charge on any atom is -0.309 e. The number of anilines is 1. The number of carbonyl (C=O) groups is 1. The van der Waals surface area contributed by atoms with Crippen LogP contribution in [0.2, 0.25) is 5.02 Å². The third kappa shape index (κ3) is 2.89. The molecule has 1 aliphatic carbocycles. The predicted octanol–water partition coefficient (Wildman–Crippen LogP) is 3.11.